The van der Waals surface area contributed by atoms with Crippen molar-refractivity contribution >= 4 is 33.3 Å². The van der Waals surface area contributed by atoms with Gasteiger partial charge in [-0.1, -0.05) is 33.6 Å². The lowest BCUT2D eigenvalue weighted by molar-refractivity contribution is -0.122. The number of hydrogen-bond acceptors (Lipinski definition) is 2. The average molecular weight is 302 g/mol. The molecule has 2 rings (SSSR count). The van der Waals surface area contributed by atoms with Gasteiger partial charge in [0, 0.05) is 21.1 Å². The molecule has 1 heterocycles. The predicted octanol–water partition coefficient (Wildman–Crippen LogP) is 3.82. The quantitative estimate of drug-likeness (QED) is 0.788. The van der Waals surface area contributed by atoms with Crippen LogP contribution in [0.3, 0.4) is 0 Å². The molecule has 1 aromatic rings. The van der Waals surface area contributed by atoms with Crippen molar-refractivity contribution in [2.75, 3.05) is 0 Å². The van der Waals surface area contributed by atoms with Crippen LogP contribution in [0.25, 0.3) is 0 Å². The summed E-state index contributed by atoms with van der Waals surface area (Å²) >= 11 is 9.50. The van der Waals surface area contributed by atoms with Gasteiger partial charge in [0.25, 0.3) is 0 Å². The third-order valence-electron chi connectivity index (χ3n) is 2.59. The van der Waals surface area contributed by atoms with Gasteiger partial charge < -0.3 is 4.74 Å². The molecule has 0 spiro atoms. The number of allylic oxidation sites excluding steroid dienone is 1. The van der Waals surface area contributed by atoms with Gasteiger partial charge in [-0.25, -0.2) is 0 Å². The Morgan fingerprint density at radius 3 is 2.88 bits per heavy atom. The molecule has 0 radical (unpaired) electrons. The molecule has 16 heavy (non-hydrogen) atoms. The summed E-state index contributed by atoms with van der Waals surface area (Å²) in [6.45, 7) is 1.86. The molecule has 1 atom stereocenters. The van der Waals surface area contributed by atoms with Crippen molar-refractivity contribution in [3.8, 4) is 0 Å². The van der Waals surface area contributed by atoms with Crippen LogP contribution in [0.1, 0.15) is 18.9 Å². The summed E-state index contributed by atoms with van der Waals surface area (Å²) in [5.41, 5.74) is 0.166. The van der Waals surface area contributed by atoms with Crippen LogP contribution >= 0.6 is 27.5 Å². The second-order valence-electron chi connectivity index (χ2n) is 3.92. The average Bonchev–Trinajstić information content (AvgIpc) is 2.16. The maximum absolute atomic E-state index is 11.4. The number of benzene rings is 1. The molecule has 1 aliphatic rings. The Hall–Kier alpha value is -0.800. The lowest BCUT2D eigenvalue weighted by atomic mass is 9.89. The topological polar surface area (TPSA) is 26.3 Å². The third-order valence-corrected chi connectivity index (χ3v) is 3.40. The highest BCUT2D eigenvalue weighted by Crippen LogP contribution is 2.37. The fourth-order valence-electron chi connectivity index (χ4n) is 1.77. The number of ketones is 1. The lowest BCUT2D eigenvalue weighted by Gasteiger charge is -2.31. The molecule has 1 aromatic carbocycles. The van der Waals surface area contributed by atoms with Gasteiger partial charge in [-0.3, -0.25) is 4.79 Å². The van der Waals surface area contributed by atoms with E-state index >= 15 is 0 Å². The Balaban J connectivity index is 2.43. The van der Waals surface area contributed by atoms with E-state index in [0.717, 1.165) is 10.0 Å². The van der Waals surface area contributed by atoms with Crippen LogP contribution in [0.15, 0.2) is 35.0 Å². The number of rotatable bonds is 1. The van der Waals surface area contributed by atoms with Gasteiger partial charge >= 0.3 is 0 Å². The number of carbonyl (C=O) groups is 1. The van der Waals surface area contributed by atoms with Gasteiger partial charge in [-0.05, 0) is 19.1 Å². The zero-order valence-corrected chi connectivity index (χ0v) is 11.0. The number of hydrogen-bond donors (Lipinski definition) is 0. The van der Waals surface area contributed by atoms with E-state index in [1.165, 1.54) is 12.3 Å². The molecule has 1 unspecified atom stereocenters. The van der Waals surface area contributed by atoms with Crippen molar-refractivity contribution in [1.82, 2.24) is 0 Å². The summed E-state index contributed by atoms with van der Waals surface area (Å²) < 4.78 is 6.45. The van der Waals surface area contributed by atoms with Crippen molar-refractivity contribution < 1.29 is 9.53 Å². The molecule has 0 aromatic heterocycles. The highest BCUT2D eigenvalue weighted by atomic mass is 79.9. The zero-order chi connectivity index (χ0) is 11.8. The van der Waals surface area contributed by atoms with E-state index in [1.807, 2.05) is 19.1 Å². The Morgan fingerprint density at radius 2 is 2.25 bits per heavy atom. The summed E-state index contributed by atoms with van der Waals surface area (Å²) in [6.07, 6.45) is 3.18. The fraction of sp³-hybridized carbons (Fsp3) is 0.250. The van der Waals surface area contributed by atoms with Crippen molar-refractivity contribution in [1.29, 1.82) is 0 Å². The Kier molecular flexibility index (Phi) is 3.08. The van der Waals surface area contributed by atoms with Gasteiger partial charge in [0.15, 0.2) is 5.78 Å². The molecule has 0 N–H and O–H groups in total. The molecule has 1 aliphatic heterocycles. The zero-order valence-electron chi connectivity index (χ0n) is 8.67. The first kappa shape index (κ1) is 11.7. The Bertz CT molecular complexity index is 470. The van der Waals surface area contributed by atoms with Gasteiger partial charge in [0.05, 0.1) is 12.7 Å². The van der Waals surface area contributed by atoms with Crippen LogP contribution < -0.4 is 0 Å². The highest BCUT2D eigenvalue weighted by Gasteiger charge is 2.34. The number of carbonyl (C=O) groups excluding carboxylic acids is 1. The first-order chi connectivity index (χ1) is 7.51. The monoisotopic (exact) mass is 300 g/mol. The first-order valence-electron chi connectivity index (χ1n) is 4.84. The number of ether oxygens (including phenoxy) is 1. The standard InChI is InChI=1S/C12H10BrClO2/c1-12(7-9(15)4-5-16-12)10-3-2-8(13)6-11(10)14/h2-6H,7H2,1H3. The normalized spacial score (nSPS) is 24.3. The van der Waals surface area contributed by atoms with E-state index in [-0.39, 0.29) is 5.78 Å². The largest absolute Gasteiger partial charge is 0.490 e. The molecule has 2 nitrogen and oxygen atoms in total. The molecule has 0 saturated heterocycles. The summed E-state index contributed by atoms with van der Waals surface area (Å²) in [5.74, 6) is 0.0488. The Morgan fingerprint density at radius 1 is 1.50 bits per heavy atom. The summed E-state index contributed by atoms with van der Waals surface area (Å²) in [7, 11) is 0. The number of halogens is 2. The van der Waals surface area contributed by atoms with Crippen LogP contribution in [-0.2, 0) is 15.1 Å². The molecular formula is C12H10BrClO2. The van der Waals surface area contributed by atoms with E-state index in [1.54, 1.807) is 6.07 Å². The van der Waals surface area contributed by atoms with E-state index in [2.05, 4.69) is 15.9 Å². The molecule has 0 aliphatic carbocycles. The minimum Gasteiger partial charge on any atom is -0.490 e. The summed E-state index contributed by atoms with van der Waals surface area (Å²) in [5, 5.41) is 0.597. The van der Waals surface area contributed by atoms with Gasteiger partial charge in [0.2, 0.25) is 0 Å². The Labute approximate surface area is 107 Å². The SMILES string of the molecule is CC1(c2ccc(Br)cc2Cl)CC(=O)C=CO1. The molecule has 0 fully saturated rings. The fourth-order valence-corrected chi connectivity index (χ4v) is 2.64. The van der Waals surface area contributed by atoms with Crippen LogP contribution in [0.5, 0.6) is 0 Å². The smallest absolute Gasteiger partial charge is 0.163 e. The predicted molar refractivity (Wildman–Crippen MR) is 66.4 cm³/mol. The van der Waals surface area contributed by atoms with Crippen molar-refractivity contribution in [3.63, 3.8) is 0 Å². The first-order valence-corrected chi connectivity index (χ1v) is 6.01. The molecule has 0 saturated carbocycles. The molecular weight excluding hydrogens is 291 g/mol. The van der Waals surface area contributed by atoms with E-state index in [9.17, 15) is 4.79 Å². The highest BCUT2D eigenvalue weighted by molar-refractivity contribution is 9.10. The van der Waals surface area contributed by atoms with Crippen molar-refractivity contribution in [2.24, 2.45) is 0 Å². The minimum absolute atomic E-state index is 0.0488. The maximum atomic E-state index is 11.4. The molecule has 4 heteroatoms. The molecule has 84 valence electrons. The molecule has 0 bridgehead atoms. The van der Waals surface area contributed by atoms with Crippen LogP contribution in [0.4, 0.5) is 0 Å². The van der Waals surface area contributed by atoms with Gasteiger partial charge in [-0.2, -0.15) is 0 Å². The van der Waals surface area contributed by atoms with Crippen LogP contribution in [0, 0.1) is 0 Å². The van der Waals surface area contributed by atoms with E-state index in [4.69, 9.17) is 16.3 Å². The van der Waals surface area contributed by atoms with E-state index in [0.29, 0.717) is 11.4 Å². The van der Waals surface area contributed by atoms with Crippen molar-refractivity contribution in [3.05, 3.63) is 45.6 Å². The molecule has 0 amide bonds. The van der Waals surface area contributed by atoms with Gasteiger partial charge in [0.1, 0.15) is 5.60 Å². The minimum atomic E-state index is -0.663. The lowest BCUT2D eigenvalue weighted by Crippen LogP contribution is -2.30. The van der Waals surface area contributed by atoms with Crippen LogP contribution in [-0.4, -0.2) is 5.78 Å². The van der Waals surface area contributed by atoms with E-state index < -0.39 is 5.60 Å². The maximum Gasteiger partial charge on any atom is 0.163 e. The second kappa shape index (κ2) is 4.22. The van der Waals surface area contributed by atoms with Gasteiger partial charge in [-0.15, -0.1) is 0 Å². The van der Waals surface area contributed by atoms with Crippen molar-refractivity contribution in [2.45, 2.75) is 18.9 Å². The summed E-state index contributed by atoms with van der Waals surface area (Å²) in [4.78, 5) is 11.4. The second-order valence-corrected chi connectivity index (χ2v) is 5.24. The summed E-state index contributed by atoms with van der Waals surface area (Å²) in [6, 6.07) is 5.56. The van der Waals surface area contributed by atoms with Crippen LogP contribution in [0.2, 0.25) is 5.02 Å². The third kappa shape index (κ3) is 2.15.